The fraction of sp³-hybridized carbons (Fsp3) is 0. The van der Waals surface area contributed by atoms with Crippen molar-refractivity contribution < 1.29 is 0 Å². The summed E-state index contributed by atoms with van der Waals surface area (Å²) < 4.78 is 0. The number of nitrogens with zero attached hydrogens (tertiary/aromatic N) is 3. The molecule has 0 bridgehead atoms. The Kier molecular flexibility index (Phi) is 1.38. The van der Waals surface area contributed by atoms with E-state index in [4.69, 9.17) is 16.7 Å². The molecule has 5 heteroatoms. The van der Waals surface area contributed by atoms with Gasteiger partial charge in [-0.2, -0.15) is 10.2 Å². The molecule has 4 N–H and O–H groups in total. The molecule has 0 aromatic carbocycles. The molecule has 0 aliphatic heterocycles. The molecule has 0 spiro atoms. The van der Waals surface area contributed by atoms with E-state index in [2.05, 4.69) is 9.97 Å². The van der Waals surface area contributed by atoms with Crippen molar-refractivity contribution in [1.29, 1.82) is 5.26 Å². The summed E-state index contributed by atoms with van der Waals surface area (Å²) in [4.78, 5) is 7.15. The predicted molar refractivity (Wildman–Crippen MR) is 35.6 cm³/mol. The first kappa shape index (κ1) is 6.29. The number of rotatable bonds is 0. The molecule has 1 aromatic rings. The van der Waals surface area contributed by atoms with Crippen molar-refractivity contribution in [3.05, 3.63) is 11.8 Å². The Bertz CT molecular complexity index is 266. The molecule has 1 heterocycles. The van der Waals surface area contributed by atoms with Gasteiger partial charge < -0.3 is 11.5 Å². The van der Waals surface area contributed by atoms with Gasteiger partial charge in [0.15, 0.2) is 0 Å². The largest absolute Gasteiger partial charge is 0.383 e. The first-order chi connectivity index (χ1) is 4.72. The summed E-state index contributed by atoms with van der Waals surface area (Å²) >= 11 is 0. The molecule has 0 atom stereocenters. The summed E-state index contributed by atoms with van der Waals surface area (Å²) in [5, 5.41) is 8.34. The van der Waals surface area contributed by atoms with Gasteiger partial charge in [0.25, 0.3) is 0 Å². The molecule has 0 aliphatic rings. The van der Waals surface area contributed by atoms with E-state index >= 15 is 0 Å². The molecule has 1 rings (SSSR count). The molecule has 0 aliphatic carbocycles. The van der Waals surface area contributed by atoms with Gasteiger partial charge in [0.2, 0.25) is 5.95 Å². The lowest BCUT2D eigenvalue weighted by Crippen LogP contribution is -2.00. The van der Waals surface area contributed by atoms with Crippen molar-refractivity contribution in [2.45, 2.75) is 0 Å². The van der Waals surface area contributed by atoms with Crippen molar-refractivity contribution in [1.82, 2.24) is 9.97 Å². The van der Waals surface area contributed by atoms with Gasteiger partial charge in [-0.15, -0.1) is 0 Å². The summed E-state index contributed by atoms with van der Waals surface area (Å²) in [6.45, 7) is 0. The molecule has 0 unspecified atom stereocenters. The highest BCUT2D eigenvalue weighted by molar-refractivity contribution is 5.39. The molecule has 10 heavy (non-hydrogen) atoms. The van der Waals surface area contributed by atoms with Crippen LogP contribution in [0.2, 0.25) is 0 Å². The Morgan fingerprint density at radius 2 is 2.10 bits per heavy atom. The number of nitrogens with two attached hydrogens (primary N) is 2. The van der Waals surface area contributed by atoms with Crippen LogP contribution in [-0.2, 0) is 0 Å². The summed E-state index contributed by atoms with van der Waals surface area (Å²) in [5.74, 6) is 0.237. The zero-order valence-corrected chi connectivity index (χ0v) is 5.07. The van der Waals surface area contributed by atoms with Crippen LogP contribution in [0.15, 0.2) is 6.07 Å². The maximum absolute atomic E-state index is 8.34. The van der Waals surface area contributed by atoms with E-state index in [1.165, 1.54) is 6.07 Å². The Morgan fingerprint density at radius 1 is 1.40 bits per heavy atom. The van der Waals surface area contributed by atoms with Gasteiger partial charge in [-0.3, -0.25) is 0 Å². The SMILES string of the molecule is N#Cc1cc(N)nc(N)n1. The van der Waals surface area contributed by atoms with E-state index in [-0.39, 0.29) is 17.5 Å². The standard InChI is InChI=1S/C5H5N5/c6-2-3-1-4(7)10-5(8)9-3/h1H,(H4,7,8,9,10). The van der Waals surface area contributed by atoms with Gasteiger partial charge in [-0.1, -0.05) is 0 Å². The van der Waals surface area contributed by atoms with Crippen LogP contribution in [0.3, 0.4) is 0 Å². The molecule has 0 saturated heterocycles. The highest BCUT2D eigenvalue weighted by atomic mass is 15.0. The van der Waals surface area contributed by atoms with E-state index < -0.39 is 0 Å². The summed E-state index contributed by atoms with van der Waals surface area (Å²) in [5.41, 5.74) is 10.6. The fourth-order valence-corrected chi connectivity index (χ4v) is 0.543. The third-order valence-corrected chi connectivity index (χ3v) is 0.878. The van der Waals surface area contributed by atoms with Crippen LogP contribution in [0.4, 0.5) is 11.8 Å². The second-order valence-electron chi connectivity index (χ2n) is 1.65. The first-order valence-corrected chi connectivity index (χ1v) is 2.52. The van der Waals surface area contributed by atoms with Crippen LogP contribution in [0.25, 0.3) is 0 Å². The zero-order valence-electron chi connectivity index (χ0n) is 5.07. The van der Waals surface area contributed by atoms with Gasteiger partial charge >= 0.3 is 0 Å². The van der Waals surface area contributed by atoms with Crippen molar-refractivity contribution in [2.75, 3.05) is 11.5 Å². The van der Waals surface area contributed by atoms with E-state index in [1.54, 1.807) is 6.07 Å². The number of anilines is 2. The molecular formula is C5H5N5. The molecule has 50 valence electrons. The summed E-state index contributed by atoms with van der Waals surface area (Å²) in [7, 11) is 0. The van der Waals surface area contributed by atoms with Crippen LogP contribution in [0.5, 0.6) is 0 Å². The van der Waals surface area contributed by atoms with E-state index in [1.807, 2.05) is 0 Å². The van der Waals surface area contributed by atoms with Crippen LogP contribution < -0.4 is 11.5 Å². The second kappa shape index (κ2) is 2.19. The van der Waals surface area contributed by atoms with Crippen LogP contribution in [0, 0.1) is 11.3 Å². The lowest BCUT2D eigenvalue weighted by atomic mass is 10.4. The number of hydrogen-bond acceptors (Lipinski definition) is 5. The Labute approximate surface area is 57.3 Å². The Hall–Kier alpha value is -1.83. The van der Waals surface area contributed by atoms with Crippen molar-refractivity contribution in [2.24, 2.45) is 0 Å². The third kappa shape index (κ3) is 1.11. The molecule has 5 nitrogen and oxygen atoms in total. The summed E-state index contributed by atoms with van der Waals surface area (Å²) in [6.07, 6.45) is 0. The third-order valence-electron chi connectivity index (χ3n) is 0.878. The van der Waals surface area contributed by atoms with Gasteiger partial charge in [-0.25, -0.2) is 4.98 Å². The quantitative estimate of drug-likeness (QED) is 0.499. The average Bonchev–Trinajstić information content (AvgIpc) is 1.85. The van der Waals surface area contributed by atoms with E-state index in [0.29, 0.717) is 0 Å². The van der Waals surface area contributed by atoms with Crippen molar-refractivity contribution >= 4 is 11.8 Å². The number of nitriles is 1. The highest BCUT2D eigenvalue weighted by Crippen LogP contribution is 2.01. The van der Waals surface area contributed by atoms with E-state index in [0.717, 1.165) is 0 Å². The minimum Gasteiger partial charge on any atom is -0.383 e. The smallest absolute Gasteiger partial charge is 0.223 e. The maximum atomic E-state index is 8.34. The minimum absolute atomic E-state index is 0.0246. The maximum Gasteiger partial charge on any atom is 0.223 e. The Balaban J connectivity index is 3.22. The van der Waals surface area contributed by atoms with Crippen molar-refractivity contribution in [3.63, 3.8) is 0 Å². The Morgan fingerprint density at radius 3 is 2.60 bits per heavy atom. The van der Waals surface area contributed by atoms with Crippen LogP contribution in [0.1, 0.15) is 5.69 Å². The number of aromatic nitrogens is 2. The van der Waals surface area contributed by atoms with Gasteiger partial charge in [-0.05, 0) is 0 Å². The topological polar surface area (TPSA) is 102 Å². The van der Waals surface area contributed by atoms with Gasteiger partial charge in [0, 0.05) is 6.07 Å². The molecule has 0 amide bonds. The first-order valence-electron chi connectivity index (χ1n) is 2.52. The van der Waals surface area contributed by atoms with Crippen molar-refractivity contribution in [3.8, 4) is 6.07 Å². The zero-order chi connectivity index (χ0) is 7.56. The molecular weight excluding hydrogens is 130 g/mol. The molecule has 0 saturated carbocycles. The average molecular weight is 135 g/mol. The molecule has 1 aromatic heterocycles. The summed E-state index contributed by atoms with van der Waals surface area (Å²) in [6, 6.07) is 3.16. The van der Waals surface area contributed by atoms with Crippen LogP contribution >= 0.6 is 0 Å². The minimum atomic E-state index is 0.0246. The number of nitrogen functional groups attached to an aromatic ring is 2. The molecule has 0 fully saturated rings. The van der Waals surface area contributed by atoms with Gasteiger partial charge in [0.05, 0.1) is 0 Å². The monoisotopic (exact) mass is 135 g/mol. The predicted octanol–water partition coefficient (Wildman–Crippen LogP) is -0.487. The molecule has 0 radical (unpaired) electrons. The second-order valence-corrected chi connectivity index (χ2v) is 1.65. The van der Waals surface area contributed by atoms with Gasteiger partial charge in [0.1, 0.15) is 17.6 Å². The normalized spacial score (nSPS) is 8.70. The fourth-order valence-electron chi connectivity index (χ4n) is 0.543. The van der Waals surface area contributed by atoms with Crippen LogP contribution in [-0.4, -0.2) is 9.97 Å². The highest BCUT2D eigenvalue weighted by Gasteiger charge is 1.95. The van der Waals surface area contributed by atoms with E-state index in [9.17, 15) is 0 Å². The lowest BCUT2D eigenvalue weighted by Gasteiger charge is -1.93. The lowest BCUT2D eigenvalue weighted by molar-refractivity contribution is 1.16. The number of hydrogen-bond donors (Lipinski definition) is 2.